The van der Waals surface area contributed by atoms with Crippen molar-refractivity contribution >= 4 is 29.1 Å². The first-order chi connectivity index (χ1) is 13.0. The molecule has 5 heteroatoms. The van der Waals surface area contributed by atoms with Gasteiger partial charge in [0.1, 0.15) is 0 Å². The molecule has 27 heavy (non-hydrogen) atoms. The lowest BCUT2D eigenvalue weighted by molar-refractivity contribution is -0.138. The largest absolute Gasteiger partial charge is 0.463 e. The first-order valence-corrected chi connectivity index (χ1v) is 9.19. The molecule has 0 fully saturated rings. The van der Waals surface area contributed by atoms with E-state index in [0.717, 1.165) is 16.8 Å². The van der Waals surface area contributed by atoms with Crippen LogP contribution in [0.4, 0.5) is 0 Å². The second-order valence-electron chi connectivity index (χ2n) is 6.54. The summed E-state index contributed by atoms with van der Waals surface area (Å²) in [6, 6.07) is 14.7. The van der Waals surface area contributed by atoms with Crippen molar-refractivity contribution in [3.63, 3.8) is 0 Å². The van der Waals surface area contributed by atoms with Crippen molar-refractivity contribution in [2.45, 2.75) is 19.8 Å². The van der Waals surface area contributed by atoms with Gasteiger partial charge in [-0.2, -0.15) is 0 Å². The van der Waals surface area contributed by atoms with Crippen LogP contribution in [0.1, 0.15) is 41.3 Å². The highest BCUT2D eigenvalue weighted by molar-refractivity contribution is 6.30. The maximum Gasteiger partial charge on any atom is 0.336 e. The van der Waals surface area contributed by atoms with E-state index in [1.54, 1.807) is 19.1 Å². The monoisotopic (exact) mass is 379 g/mol. The van der Waals surface area contributed by atoms with Gasteiger partial charge in [-0.05, 0) is 31.5 Å². The number of ether oxygens (including phenoxy) is 1. The van der Waals surface area contributed by atoms with Crippen molar-refractivity contribution in [2.24, 2.45) is 0 Å². The fourth-order valence-corrected chi connectivity index (χ4v) is 4.03. The zero-order valence-corrected chi connectivity index (χ0v) is 15.8. The van der Waals surface area contributed by atoms with Gasteiger partial charge in [0.25, 0.3) is 0 Å². The van der Waals surface area contributed by atoms with Gasteiger partial charge in [0.15, 0.2) is 5.78 Å². The van der Waals surface area contributed by atoms with Crippen LogP contribution in [0, 0.1) is 0 Å². The van der Waals surface area contributed by atoms with Crippen LogP contribution in [-0.2, 0) is 9.53 Å². The molecule has 136 valence electrons. The molecule has 2 aromatic carbocycles. The quantitative estimate of drug-likeness (QED) is 0.799. The molecule has 4 rings (SSSR count). The number of allylic oxidation sites excluding steroid dienone is 2. The summed E-state index contributed by atoms with van der Waals surface area (Å²) in [5.74, 6) is -1.03. The first-order valence-electron chi connectivity index (χ1n) is 8.81. The van der Waals surface area contributed by atoms with Crippen LogP contribution in [0.5, 0.6) is 0 Å². The lowest BCUT2D eigenvalue weighted by Crippen LogP contribution is -2.29. The van der Waals surface area contributed by atoms with E-state index in [0.29, 0.717) is 27.4 Å². The van der Waals surface area contributed by atoms with Crippen LogP contribution in [0.15, 0.2) is 65.4 Å². The molecule has 0 spiro atoms. The summed E-state index contributed by atoms with van der Waals surface area (Å²) in [6.45, 7) is 3.86. The van der Waals surface area contributed by atoms with E-state index in [4.69, 9.17) is 16.3 Å². The third-order valence-corrected chi connectivity index (χ3v) is 5.16. The lowest BCUT2D eigenvalue weighted by Gasteiger charge is -2.29. The van der Waals surface area contributed by atoms with Gasteiger partial charge in [-0.25, -0.2) is 4.79 Å². The van der Waals surface area contributed by atoms with Crippen LogP contribution < -0.4 is 5.32 Å². The van der Waals surface area contributed by atoms with E-state index in [1.807, 2.05) is 43.3 Å². The van der Waals surface area contributed by atoms with Crippen molar-refractivity contribution in [1.82, 2.24) is 5.32 Å². The van der Waals surface area contributed by atoms with E-state index in [9.17, 15) is 9.59 Å². The molecule has 0 bridgehead atoms. The van der Waals surface area contributed by atoms with Crippen LogP contribution in [0.3, 0.4) is 0 Å². The van der Waals surface area contributed by atoms with Gasteiger partial charge < -0.3 is 10.1 Å². The molecule has 0 saturated heterocycles. The number of benzene rings is 2. The molecule has 4 nitrogen and oxygen atoms in total. The standard InChI is InChI=1S/C22H18ClNO3/c1-3-27-22(26)17-12(2)24-20-15-9-4-5-10-16(15)21(25)19(20)18(17)13-7-6-8-14(23)11-13/h4-11,18,24H,3H2,1-2H3. The zero-order valence-electron chi connectivity index (χ0n) is 15.0. The van der Waals surface area contributed by atoms with E-state index in [-0.39, 0.29) is 12.4 Å². The van der Waals surface area contributed by atoms with Crippen LogP contribution >= 0.6 is 11.6 Å². The van der Waals surface area contributed by atoms with Crippen molar-refractivity contribution in [3.05, 3.63) is 87.1 Å². The van der Waals surface area contributed by atoms with Crippen molar-refractivity contribution in [3.8, 4) is 0 Å². The fraction of sp³-hybridized carbons (Fsp3) is 0.182. The Hall–Kier alpha value is -2.85. The van der Waals surface area contributed by atoms with Crippen molar-refractivity contribution in [1.29, 1.82) is 0 Å². The van der Waals surface area contributed by atoms with Gasteiger partial charge >= 0.3 is 5.97 Å². The fourth-order valence-electron chi connectivity index (χ4n) is 3.83. The third-order valence-electron chi connectivity index (χ3n) is 4.93. The molecule has 1 N–H and O–H groups in total. The van der Waals surface area contributed by atoms with Gasteiger partial charge in [0.05, 0.1) is 17.9 Å². The van der Waals surface area contributed by atoms with Crippen LogP contribution in [0.25, 0.3) is 5.70 Å². The Morgan fingerprint density at radius 3 is 2.59 bits per heavy atom. The van der Waals surface area contributed by atoms with Crippen LogP contribution in [-0.4, -0.2) is 18.4 Å². The minimum Gasteiger partial charge on any atom is -0.463 e. The predicted molar refractivity (Wildman–Crippen MR) is 104 cm³/mol. The molecule has 0 saturated carbocycles. The van der Waals surface area contributed by atoms with E-state index < -0.39 is 11.9 Å². The summed E-state index contributed by atoms with van der Waals surface area (Å²) < 4.78 is 5.29. The summed E-state index contributed by atoms with van der Waals surface area (Å²) in [5.41, 5.74) is 4.73. The maximum absolute atomic E-state index is 13.2. The summed E-state index contributed by atoms with van der Waals surface area (Å²) in [7, 11) is 0. The van der Waals surface area contributed by atoms with E-state index in [1.165, 1.54) is 0 Å². The maximum atomic E-state index is 13.2. The Kier molecular flexibility index (Phi) is 4.36. The van der Waals surface area contributed by atoms with Crippen molar-refractivity contribution < 1.29 is 14.3 Å². The number of carbonyl (C=O) groups excluding carboxylic acids is 2. The summed E-state index contributed by atoms with van der Waals surface area (Å²) in [5, 5.41) is 3.83. The molecule has 1 heterocycles. The molecule has 0 radical (unpaired) electrons. The molecule has 1 unspecified atom stereocenters. The molecular formula is C22H18ClNO3. The molecule has 1 atom stereocenters. The highest BCUT2D eigenvalue weighted by Gasteiger charge is 2.42. The third kappa shape index (κ3) is 2.77. The van der Waals surface area contributed by atoms with E-state index >= 15 is 0 Å². The topological polar surface area (TPSA) is 55.4 Å². The SMILES string of the molecule is CCOC(=O)C1=C(C)NC2=C(C(=O)c3ccccc32)C1c1cccc(Cl)c1. The van der Waals surface area contributed by atoms with Gasteiger partial charge in [0.2, 0.25) is 0 Å². The Balaban J connectivity index is 1.94. The van der Waals surface area contributed by atoms with Crippen LogP contribution in [0.2, 0.25) is 5.02 Å². The number of hydrogen-bond acceptors (Lipinski definition) is 4. The Labute approximate surface area is 162 Å². The van der Waals surface area contributed by atoms with Crippen molar-refractivity contribution in [2.75, 3.05) is 6.61 Å². The number of ketones is 1. The zero-order chi connectivity index (χ0) is 19.1. The molecule has 0 aromatic heterocycles. The van der Waals surface area contributed by atoms with Gasteiger partial charge in [-0.15, -0.1) is 0 Å². The number of Topliss-reactive ketones (excluding diaryl/α,β-unsaturated/α-hetero) is 1. The average Bonchev–Trinajstić information content (AvgIpc) is 2.93. The minimum atomic E-state index is -0.529. The number of dihydropyridines is 1. The highest BCUT2D eigenvalue weighted by atomic mass is 35.5. The number of esters is 1. The highest BCUT2D eigenvalue weighted by Crippen LogP contribution is 2.46. The summed E-state index contributed by atoms with van der Waals surface area (Å²) in [6.07, 6.45) is 0. The first kappa shape index (κ1) is 17.6. The molecule has 2 aromatic rings. The predicted octanol–water partition coefficient (Wildman–Crippen LogP) is 4.47. The van der Waals surface area contributed by atoms with E-state index in [2.05, 4.69) is 5.32 Å². The molecular weight excluding hydrogens is 362 g/mol. The van der Waals surface area contributed by atoms with Gasteiger partial charge in [-0.3, -0.25) is 4.79 Å². The number of rotatable bonds is 3. The normalized spacial score (nSPS) is 18.2. The lowest BCUT2D eigenvalue weighted by atomic mass is 9.80. The molecule has 2 aliphatic rings. The smallest absolute Gasteiger partial charge is 0.336 e. The Morgan fingerprint density at radius 1 is 1.15 bits per heavy atom. The van der Waals surface area contributed by atoms with Gasteiger partial charge in [-0.1, -0.05) is 48.0 Å². The molecule has 1 aliphatic heterocycles. The summed E-state index contributed by atoms with van der Waals surface area (Å²) >= 11 is 6.21. The molecule has 1 aliphatic carbocycles. The number of fused-ring (bicyclic) bond motifs is 2. The Morgan fingerprint density at radius 2 is 1.89 bits per heavy atom. The number of halogens is 1. The number of nitrogens with one attached hydrogen (secondary N) is 1. The average molecular weight is 380 g/mol. The Bertz CT molecular complexity index is 1040. The number of carbonyl (C=O) groups is 2. The summed E-state index contributed by atoms with van der Waals surface area (Å²) in [4.78, 5) is 26.0. The molecule has 0 amide bonds. The van der Waals surface area contributed by atoms with Gasteiger partial charge in [0, 0.05) is 33.3 Å². The second kappa shape index (κ2) is 6.71. The second-order valence-corrected chi connectivity index (χ2v) is 6.97. The minimum absolute atomic E-state index is 0.0765. The number of hydrogen-bond donors (Lipinski definition) is 1.